The van der Waals surface area contributed by atoms with Gasteiger partial charge in [-0.25, -0.2) is 8.42 Å². The Morgan fingerprint density at radius 3 is 2.18 bits per heavy atom. The van der Waals surface area contributed by atoms with E-state index in [1.165, 1.54) is 0 Å². The molecule has 4 nitrogen and oxygen atoms in total. The monoisotopic (exact) mass is 290 g/mol. The molecular weight excluding hydrogens is 281 g/mol. The summed E-state index contributed by atoms with van der Waals surface area (Å²) in [6.07, 6.45) is -3.83. The standard InChI is InChI=1S/C8H9F3N2O2S.ClH/c1-16(14,15)5-2-3-7(13-12)6(4-5)8(9,10)11;/h2-4,13H,12H2,1H3;1H. The summed E-state index contributed by atoms with van der Waals surface area (Å²) >= 11 is 0. The highest BCUT2D eigenvalue weighted by molar-refractivity contribution is 7.90. The first kappa shape index (κ1) is 16.0. The summed E-state index contributed by atoms with van der Waals surface area (Å²) in [7, 11) is -3.68. The average molecular weight is 291 g/mol. The van der Waals surface area contributed by atoms with Crippen molar-refractivity contribution in [3.05, 3.63) is 23.8 Å². The lowest BCUT2D eigenvalue weighted by molar-refractivity contribution is -0.137. The van der Waals surface area contributed by atoms with Crippen molar-refractivity contribution in [1.29, 1.82) is 0 Å². The number of nitrogen functional groups attached to an aromatic ring is 1. The summed E-state index contributed by atoms with van der Waals surface area (Å²) in [5, 5.41) is 0. The lowest BCUT2D eigenvalue weighted by Crippen LogP contribution is -2.15. The van der Waals surface area contributed by atoms with E-state index in [4.69, 9.17) is 5.84 Å². The Kier molecular flexibility index (Phi) is 4.81. The highest BCUT2D eigenvalue weighted by Crippen LogP contribution is 2.35. The third kappa shape index (κ3) is 3.76. The first-order chi connectivity index (χ1) is 7.16. The second-order valence-electron chi connectivity index (χ2n) is 3.12. The van der Waals surface area contributed by atoms with Crippen LogP contribution < -0.4 is 11.3 Å². The van der Waals surface area contributed by atoms with Crippen molar-refractivity contribution in [2.45, 2.75) is 11.1 Å². The van der Waals surface area contributed by atoms with E-state index in [1.54, 1.807) is 0 Å². The summed E-state index contributed by atoms with van der Waals surface area (Å²) in [4.78, 5) is -0.404. The molecule has 1 aromatic carbocycles. The lowest BCUT2D eigenvalue weighted by Gasteiger charge is -2.13. The van der Waals surface area contributed by atoms with Crippen LogP contribution in [0.25, 0.3) is 0 Å². The van der Waals surface area contributed by atoms with Crippen LogP contribution in [0.15, 0.2) is 23.1 Å². The molecule has 0 bridgehead atoms. The maximum atomic E-state index is 12.5. The summed E-state index contributed by atoms with van der Waals surface area (Å²) in [6, 6.07) is 2.57. The van der Waals surface area contributed by atoms with E-state index in [0.29, 0.717) is 6.07 Å². The Labute approximate surface area is 102 Å². The van der Waals surface area contributed by atoms with Crippen molar-refractivity contribution in [2.75, 3.05) is 11.7 Å². The quantitative estimate of drug-likeness (QED) is 0.644. The fraction of sp³-hybridized carbons (Fsp3) is 0.250. The first-order valence-electron chi connectivity index (χ1n) is 4.04. The van der Waals surface area contributed by atoms with Crippen LogP contribution in [-0.2, 0) is 16.0 Å². The van der Waals surface area contributed by atoms with Gasteiger partial charge in [0, 0.05) is 6.26 Å². The van der Waals surface area contributed by atoms with Crippen LogP contribution in [0.1, 0.15) is 5.56 Å². The molecule has 98 valence electrons. The molecule has 0 spiro atoms. The first-order valence-corrected chi connectivity index (χ1v) is 5.93. The third-order valence-electron chi connectivity index (χ3n) is 1.88. The number of alkyl halides is 3. The molecule has 0 heterocycles. The minimum absolute atomic E-state index is 0. The Hall–Kier alpha value is -0.990. The molecule has 0 saturated carbocycles. The van der Waals surface area contributed by atoms with Gasteiger partial charge in [0.15, 0.2) is 9.84 Å². The predicted octanol–water partition coefficient (Wildman–Crippen LogP) is 1.82. The Morgan fingerprint density at radius 2 is 1.82 bits per heavy atom. The number of hydrogen-bond donors (Lipinski definition) is 2. The van der Waals surface area contributed by atoms with Gasteiger partial charge in [-0.3, -0.25) is 5.84 Å². The molecular formula is C8H10ClF3N2O2S. The van der Waals surface area contributed by atoms with Gasteiger partial charge in [-0.15, -0.1) is 12.4 Å². The number of anilines is 1. The molecule has 0 unspecified atom stereocenters. The molecule has 0 atom stereocenters. The average Bonchev–Trinajstić information content (AvgIpc) is 2.14. The van der Waals surface area contributed by atoms with E-state index in [2.05, 4.69) is 0 Å². The van der Waals surface area contributed by atoms with Gasteiger partial charge in [0.1, 0.15) is 0 Å². The van der Waals surface area contributed by atoms with E-state index in [1.807, 2.05) is 5.43 Å². The Morgan fingerprint density at radius 1 is 1.29 bits per heavy atom. The number of benzene rings is 1. The minimum atomic E-state index is -4.66. The van der Waals surface area contributed by atoms with Gasteiger partial charge in [0.2, 0.25) is 0 Å². The summed E-state index contributed by atoms with van der Waals surface area (Å²) in [6.45, 7) is 0. The van der Waals surface area contributed by atoms with Crippen molar-refractivity contribution in [3.63, 3.8) is 0 Å². The molecule has 0 aliphatic heterocycles. The zero-order chi connectivity index (χ0) is 12.6. The van der Waals surface area contributed by atoms with Crippen LogP contribution in [-0.4, -0.2) is 14.7 Å². The summed E-state index contributed by atoms with van der Waals surface area (Å²) in [5.41, 5.74) is 0.378. The molecule has 0 aliphatic rings. The summed E-state index contributed by atoms with van der Waals surface area (Å²) in [5.74, 6) is 4.91. The number of halogens is 4. The molecule has 0 fully saturated rings. The van der Waals surface area contributed by atoms with Crippen LogP contribution in [0.3, 0.4) is 0 Å². The molecule has 0 radical (unpaired) electrons. The maximum absolute atomic E-state index is 12.5. The normalized spacial score (nSPS) is 11.8. The smallest absolute Gasteiger partial charge is 0.324 e. The fourth-order valence-electron chi connectivity index (χ4n) is 1.11. The molecule has 1 aromatic rings. The van der Waals surface area contributed by atoms with E-state index >= 15 is 0 Å². The number of nitrogens with two attached hydrogens (primary N) is 1. The van der Waals surface area contributed by atoms with Gasteiger partial charge >= 0.3 is 6.18 Å². The number of rotatable bonds is 2. The third-order valence-corrected chi connectivity index (χ3v) is 2.99. The number of hydrogen-bond acceptors (Lipinski definition) is 4. The molecule has 17 heavy (non-hydrogen) atoms. The number of nitrogens with one attached hydrogen (secondary N) is 1. The second kappa shape index (κ2) is 5.11. The molecule has 3 N–H and O–H groups in total. The number of sulfone groups is 1. The van der Waals surface area contributed by atoms with E-state index in [-0.39, 0.29) is 18.1 Å². The van der Waals surface area contributed by atoms with E-state index < -0.39 is 26.5 Å². The fourth-order valence-corrected chi connectivity index (χ4v) is 1.76. The van der Waals surface area contributed by atoms with Crippen molar-refractivity contribution in [1.82, 2.24) is 0 Å². The predicted molar refractivity (Wildman–Crippen MR) is 59.6 cm³/mol. The van der Waals surface area contributed by atoms with E-state index in [0.717, 1.165) is 18.4 Å². The SMILES string of the molecule is CS(=O)(=O)c1ccc(NN)c(C(F)(F)F)c1.Cl. The van der Waals surface area contributed by atoms with Gasteiger partial charge in [0.25, 0.3) is 0 Å². The van der Waals surface area contributed by atoms with Crippen LogP contribution in [0.4, 0.5) is 18.9 Å². The molecule has 0 aliphatic carbocycles. The summed E-state index contributed by atoms with van der Waals surface area (Å²) < 4.78 is 59.7. The van der Waals surface area contributed by atoms with Gasteiger partial charge in [-0.2, -0.15) is 13.2 Å². The van der Waals surface area contributed by atoms with Gasteiger partial charge in [-0.05, 0) is 18.2 Å². The zero-order valence-electron chi connectivity index (χ0n) is 8.58. The number of hydrazine groups is 1. The minimum Gasteiger partial charge on any atom is -0.324 e. The maximum Gasteiger partial charge on any atom is 0.418 e. The van der Waals surface area contributed by atoms with Crippen LogP contribution in [0.2, 0.25) is 0 Å². The van der Waals surface area contributed by atoms with Gasteiger partial charge in [0.05, 0.1) is 16.1 Å². The van der Waals surface area contributed by atoms with Gasteiger partial charge in [-0.1, -0.05) is 0 Å². The van der Waals surface area contributed by atoms with Crippen molar-refractivity contribution in [2.24, 2.45) is 5.84 Å². The molecule has 9 heteroatoms. The zero-order valence-corrected chi connectivity index (χ0v) is 10.2. The molecule has 1 rings (SSSR count). The van der Waals surface area contributed by atoms with E-state index in [9.17, 15) is 21.6 Å². The van der Waals surface area contributed by atoms with Crippen molar-refractivity contribution < 1.29 is 21.6 Å². The topological polar surface area (TPSA) is 72.2 Å². The lowest BCUT2D eigenvalue weighted by atomic mass is 10.2. The molecule has 0 saturated heterocycles. The van der Waals surface area contributed by atoms with Crippen LogP contribution >= 0.6 is 12.4 Å². The van der Waals surface area contributed by atoms with Gasteiger partial charge < -0.3 is 5.43 Å². The van der Waals surface area contributed by atoms with Crippen LogP contribution in [0.5, 0.6) is 0 Å². The highest BCUT2D eigenvalue weighted by Gasteiger charge is 2.34. The van der Waals surface area contributed by atoms with Crippen molar-refractivity contribution in [3.8, 4) is 0 Å². The second-order valence-corrected chi connectivity index (χ2v) is 5.14. The highest BCUT2D eigenvalue weighted by atomic mass is 35.5. The molecule has 0 amide bonds. The molecule has 0 aromatic heterocycles. The Balaban J connectivity index is 0.00000256. The largest absolute Gasteiger partial charge is 0.418 e. The van der Waals surface area contributed by atoms with Crippen LogP contribution in [0, 0.1) is 0 Å². The van der Waals surface area contributed by atoms with Crippen molar-refractivity contribution >= 4 is 27.9 Å². The Bertz CT molecular complexity index is 502.